The lowest BCUT2D eigenvalue weighted by Crippen LogP contribution is -2.11. The van der Waals surface area contributed by atoms with Gasteiger partial charge in [0.2, 0.25) is 0 Å². The van der Waals surface area contributed by atoms with Crippen molar-refractivity contribution in [2.45, 2.75) is 19.9 Å². The van der Waals surface area contributed by atoms with Crippen LogP contribution in [0.15, 0.2) is 10.2 Å². The molecule has 0 aromatic rings. The van der Waals surface area contributed by atoms with E-state index in [1.54, 1.807) is 6.92 Å². The first kappa shape index (κ1) is 9.74. The number of carboxylic acids is 1. The second kappa shape index (κ2) is 4.54. The van der Waals surface area contributed by atoms with Crippen molar-refractivity contribution in [3.05, 3.63) is 4.91 Å². The maximum atomic E-state index is 10.2. The lowest BCUT2D eigenvalue weighted by Gasteiger charge is -1.96. The Morgan fingerprint density at radius 3 is 2.55 bits per heavy atom. The van der Waals surface area contributed by atoms with Gasteiger partial charge in [-0.2, -0.15) is 4.91 Å². The van der Waals surface area contributed by atoms with E-state index in [9.17, 15) is 9.70 Å². The van der Waals surface area contributed by atoms with Crippen LogP contribution >= 0.6 is 0 Å². The van der Waals surface area contributed by atoms with E-state index in [1.165, 1.54) is 6.92 Å². The maximum Gasteiger partial charge on any atom is 0.349 e. The number of hydrogen-bond donors (Lipinski definition) is 1. The number of nitroso groups, excluding NO2 is 1. The van der Waals surface area contributed by atoms with Gasteiger partial charge in [0.05, 0.1) is 6.54 Å². The monoisotopic (exact) mass is 158 g/mol. The van der Waals surface area contributed by atoms with Crippen LogP contribution in [0.5, 0.6) is 0 Å². The fourth-order valence-electron chi connectivity index (χ4n) is 0.370. The molecule has 62 valence electrons. The molecule has 5 heteroatoms. The summed E-state index contributed by atoms with van der Waals surface area (Å²) in [5, 5.41) is 11.0. The van der Waals surface area contributed by atoms with Gasteiger partial charge < -0.3 is 5.11 Å². The molecule has 1 atom stereocenters. The van der Waals surface area contributed by atoms with Gasteiger partial charge in [0.25, 0.3) is 0 Å². The Morgan fingerprint density at radius 2 is 2.18 bits per heavy atom. The Kier molecular flexibility index (Phi) is 4.02. The number of hydrogen-bond acceptors (Lipinski definition) is 4. The molecule has 11 heavy (non-hydrogen) atoms. The third-order valence-corrected chi connectivity index (χ3v) is 1.08. The quantitative estimate of drug-likeness (QED) is 0.482. The second-order valence-corrected chi connectivity index (χ2v) is 2.19. The maximum absolute atomic E-state index is 10.2. The summed E-state index contributed by atoms with van der Waals surface area (Å²) in [4.78, 5) is 23.6. The molecular weight excluding hydrogens is 148 g/mol. The Bertz CT molecular complexity index is 188. The van der Waals surface area contributed by atoms with Crippen LogP contribution in [-0.2, 0) is 4.79 Å². The zero-order valence-electron chi connectivity index (χ0n) is 6.44. The summed E-state index contributed by atoms with van der Waals surface area (Å²) in [7, 11) is 0. The van der Waals surface area contributed by atoms with Gasteiger partial charge in [0.15, 0.2) is 0 Å². The van der Waals surface area contributed by atoms with Gasteiger partial charge in [-0.25, -0.2) is 4.79 Å². The number of rotatable bonds is 4. The smallest absolute Gasteiger partial charge is 0.349 e. The van der Waals surface area contributed by atoms with Crippen LogP contribution in [0.2, 0.25) is 0 Å². The molecule has 0 fully saturated rings. The van der Waals surface area contributed by atoms with Crippen molar-refractivity contribution in [2.24, 2.45) is 10.2 Å². The van der Waals surface area contributed by atoms with Crippen molar-refractivity contribution in [1.29, 1.82) is 0 Å². The van der Waals surface area contributed by atoms with Gasteiger partial charge in [-0.1, -0.05) is 5.18 Å². The molecule has 0 bridgehead atoms. The van der Waals surface area contributed by atoms with Gasteiger partial charge in [0.1, 0.15) is 11.8 Å². The molecule has 0 aliphatic carbocycles. The number of carbonyl (C=O) groups is 1. The Morgan fingerprint density at radius 1 is 1.64 bits per heavy atom. The van der Waals surface area contributed by atoms with E-state index in [4.69, 9.17) is 5.11 Å². The van der Waals surface area contributed by atoms with E-state index < -0.39 is 12.0 Å². The highest BCUT2D eigenvalue weighted by Crippen LogP contribution is 1.89. The minimum absolute atomic E-state index is 0.000463. The molecule has 0 aromatic heterocycles. The van der Waals surface area contributed by atoms with Gasteiger partial charge >= 0.3 is 5.97 Å². The van der Waals surface area contributed by atoms with Crippen LogP contribution < -0.4 is 0 Å². The van der Waals surface area contributed by atoms with Crippen LogP contribution in [0, 0.1) is 4.91 Å². The Labute approximate surface area is 64.1 Å². The molecule has 1 unspecified atom stereocenters. The number of carboxylic acid groups (broad SMARTS) is 1. The Hall–Kier alpha value is -1.26. The largest absolute Gasteiger partial charge is 0.477 e. The van der Waals surface area contributed by atoms with Crippen LogP contribution in [0.4, 0.5) is 0 Å². The summed E-state index contributed by atoms with van der Waals surface area (Å²) in [6, 6.07) is -0.454. The van der Waals surface area contributed by atoms with E-state index in [2.05, 4.69) is 10.2 Å². The molecule has 0 spiro atoms. The average Bonchev–Trinajstić information content (AvgIpc) is 1.99. The summed E-state index contributed by atoms with van der Waals surface area (Å²) in [5.41, 5.74) is 0.000463. The van der Waals surface area contributed by atoms with Crippen molar-refractivity contribution in [1.82, 2.24) is 0 Å². The molecular formula is C6H10N2O3. The molecule has 0 amide bonds. The highest BCUT2D eigenvalue weighted by atomic mass is 16.4. The molecule has 0 aliphatic heterocycles. The fraction of sp³-hybridized carbons (Fsp3) is 0.667. The topological polar surface area (TPSA) is 79.1 Å². The van der Waals surface area contributed by atoms with Gasteiger partial charge in [-0.05, 0) is 13.8 Å². The van der Waals surface area contributed by atoms with E-state index in [-0.39, 0.29) is 12.3 Å². The lowest BCUT2D eigenvalue weighted by molar-refractivity contribution is -0.129. The first-order chi connectivity index (χ1) is 5.07. The molecule has 0 aromatic carbocycles. The average molecular weight is 158 g/mol. The zero-order chi connectivity index (χ0) is 8.85. The molecule has 0 saturated heterocycles. The van der Waals surface area contributed by atoms with Crippen molar-refractivity contribution < 1.29 is 9.90 Å². The van der Waals surface area contributed by atoms with Crippen LogP contribution in [0.3, 0.4) is 0 Å². The number of nitrogens with zero attached hydrogens (tertiary/aromatic N) is 2. The van der Waals surface area contributed by atoms with Crippen molar-refractivity contribution >= 4 is 11.7 Å². The lowest BCUT2D eigenvalue weighted by atomic mass is 10.3. The highest BCUT2D eigenvalue weighted by molar-refractivity contribution is 6.34. The molecule has 0 radical (unpaired) electrons. The SMILES string of the molecule is CC(=NCC(C)N=O)C(=O)O. The minimum atomic E-state index is -1.07. The van der Waals surface area contributed by atoms with Gasteiger partial charge in [-0.3, -0.25) is 4.99 Å². The van der Waals surface area contributed by atoms with E-state index >= 15 is 0 Å². The van der Waals surface area contributed by atoms with Crippen LogP contribution in [0.25, 0.3) is 0 Å². The third kappa shape index (κ3) is 4.19. The van der Waals surface area contributed by atoms with Crippen LogP contribution in [-0.4, -0.2) is 29.4 Å². The minimum Gasteiger partial charge on any atom is -0.477 e. The summed E-state index contributed by atoms with van der Waals surface area (Å²) in [5.74, 6) is -1.07. The van der Waals surface area contributed by atoms with Gasteiger partial charge in [0, 0.05) is 0 Å². The summed E-state index contributed by atoms with van der Waals surface area (Å²) >= 11 is 0. The number of aliphatic carboxylic acids is 1. The molecule has 0 heterocycles. The first-order valence-corrected chi connectivity index (χ1v) is 3.14. The molecule has 0 aliphatic rings. The second-order valence-electron chi connectivity index (χ2n) is 2.19. The predicted octanol–water partition coefficient (Wildman–Crippen LogP) is 0.687. The summed E-state index contributed by atoms with van der Waals surface area (Å²) in [6.45, 7) is 3.09. The van der Waals surface area contributed by atoms with Crippen molar-refractivity contribution in [2.75, 3.05) is 6.54 Å². The standard InChI is InChI=1S/C6H10N2O3/c1-4(8-11)3-7-5(2)6(9)10/h4H,3H2,1-2H3,(H,9,10). The molecule has 5 nitrogen and oxygen atoms in total. The van der Waals surface area contributed by atoms with Crippen LogP contribution in [0.1, 0.15) is 13.8 Å². The van der Waals surface area contributed by atoms with E-state index in [0.717, 1.165) is 0 Å². The fourth-order valence-corrected chi connectivity index (χ4v) is 0.370. The van der Waals surface area contributed by atoms with Gasteiger partial charge in [-0.15, -0.1) is 0 Å². The molecule has 1 N–H and O–H groups in total. The molecule has 0 saturated carbocycles. The Balaban J connectivity index is 3.91. The first-order valence-electron chi connectivity index (χ1n) is 3.14. The predicted molar refractivity (Wildman–Crippen MR) is 40.9 cm³/mol. The summed E-state index contributed by atoms with van der Waals surface area (Å²) in [6.07, 6.45) is 0. The number of aliphatic imine (C=N–C) groups is 1. The third-order valence-electron chi connectivity index (χ3n) is 1.08. The van der Waals surface area contributed by atoms with E-state index in [0.29, 0.717) is 0 Å². The highest BCUT2D eigenvalue weighted by Gasteiger charge is 2.03. The summed E-state index contributed by atoms with van der Waals surface area (Å²) < 4.78 is 0. The normalized spacial score (nSPS) is 14.2. The van der Waals surface area contributed by atoms with Crippen molar-refractivity contribution in [3.63, 3.8) is 0 Å². The van der Waals surface area contributed by atoms with E-state index in [1.807, 2.05) is 0 Å². The zero-order valence-corrected chi connectivity index (χ0v) is 6.44. The molecule has 0 rings (SSSR count). The van der Waals surface area contributed by atoms with Crippen molar-refractivity contribution in [3.8, 4) is 0 Å².